The van der Waals surface area contributed by atoms with Crippen molar-refractivity contribution in [3.63, 3.8) is 0 Å². The van der Waals surface area contributed by atoms with Crippen LogP contribution in [-0.4, -0.2) is 37.6 Å². The van der Waals surface area contributed by atoms with Crippen LogP contribution in [-0.2, 0) is 15.6 Å². The van der Waals surface area contributed by atoms with E-state index in [0.717, 1.165) is 0 Å². The van der Waals surface area contributed by atoms with Gasteiger partial charge in [0.25, 0.3) is 5.56 Å². The Kier molecular flexibility index (Phi) is 5.47. The number of nitrogens with one attached hydrogen (secondary N) is 2. The maximum absolute atomic E-state index is 12.7. The Morgan fingerprint density at radius 1 is 1.17 bits per heavy atom. The topological polar surface area (TPSA) is 86.0 Å². The number of hydrogen-bond acceptors (Lipinski definition) is 4. The van der Waals surface area contributed by atoms with Crippen LogP contribution in [0.4, 0.5) is 0 Å². The van der Waals surface area contributed by atoms with Gasteiger partial charge < -0.3 is 10.00 Å². The van der Waals surface area contributed by atoms with Crippen LogP contribution in [0.2, 0.25) is 10.0 Å². The van der Waals surface area contributed by atoms with Crippen LogP contribution in [0.3, 0.4) is 0 Å². The van der Waals surface area contributed by atoms with Crippen molar-refractivity contribution in [2.24, 2.45) is 0 Å². The van der Waals surface area contributed by atoms with E-state index in [0.29, 0.717) is 10.6 Å². The second kappa shape index (κ2) is 7.04. The molecule has 0 saturated heterocycles. The molecule has 0 unspecified atom stereocenters. The Hall–Kier alpha value is -1.70. The molecule has 24 heavy (non-hydrogen) atoms. The molecule has 0 fully saturated rings. The Morgan fingerprint density at radius 3 is 2.46 bits per heavy atom. The molecular formula is C15H17Cl2N3O3S. The summed E-state index contributed by atoms with van der Waals surface area (Å²) in [5.41, 5.74) is 0.738. The summed E-state index contributed by atoms with van der Waals surface area (Å²) in [7, 11) is -0.168. The monoisotopic (exact) mass is 389 g/mol. The molecule has 0 aliphatic heterocycles. The minimum Gasteiger partial charge on any atom is -0.383 e. The molecule has 0 aliphatic rings. The van der Waals surface area contributed by atoms with Gasteiger partial charge in [-0.3, -0.25) is 9.89 Å². The number of benzene rings is 1. The normalized spacial score (nSPS) is 12.0. The van der Waals surface area contributed by atoms with Crippen LogP contribution in [0.15, 0.2) is 28.0 Å². The SMILES string of the molecule is Cc1cc(S(=O)(=O)Cc2[nH][nH]c(=O)c2C=CN(C)C)c(Cl)cc1Cl. The first kappa shape index (κ1) is 18.6. The molecule has 0 aliphatic carbocycles. The predicted molar refractivity (Wildman–Crippen MR) is 96.2 cm³/mol. The van der Waals surface area contributed by atoms with Crippen LogP contribution >= 0.6 is 23.2 Å². The molecule has 2 rings (SSSR count). The Labute approximate surface area is 150 Å². The van der Waals surface area contributed by atoms with Gasteiger partial charge in [0.05, 0.1) is 26.9 Å². The minimum atomic E-state index is -3.76. The highest BCUT2D eigenvalue weighted by molar-refractivity contribution is 7.90. The molecule has 0 atom stereocenters. The average molecular weight is 390 g/mol. The average Bonchev–Trinajstić information content (AvgIpc) is 2.80. The van der Waals surface area contributed by atoms with Gasteiger partial charge in [0, 0.05) is 19.1 Å². The van der Waals surface area contributed by atoms with Gasteiger partial charge in [0.2, 0.25) is 0 Å². The van der Waals surface area contributed by atoms with E-state index in [4.69, 9.17) is 23.2 Å². The van der Waals surface area contributed by atoms with E-state index in [1.807, 2.05) is 0 Å². The van der Waals surface area contributed by atoms with Crippen LogP contribution in [0.1, 0.15) is 16.8 Å². The first-order valence-corrected chi connectivity index (χ1v) is 9.35. The number of aromatic amines is 2. The fourth-order valence-corrected chi connectivity index (χ4v) is 4.27. The van der Waals surface area contributed by atoms with Gasteiger partial charge in [-0.2, -0.15) is 0 Å². The molecule has 9 heteroatoms. The molecule has 0 bridgehead atoms. The van der Waals surface area contributed by atoms with E-state index in [2.05, 4.69) is 10.2 Å². The number of halogens is 2. The molecule has 0 radical (unpaired) electrons. The number of sulfone groups is 1. The Balaban J connectivity index is 2.45. The summed E-state index contributed by atoms with van der Waals surface area (Å²) in [6, 6.07) is 2.83. The van der Waals surface area contributed by atoms with Crippen molar-refractivity contribution in [3.05, 3.63) is 55.6 Å². The lowest BCUT2D eigenvalue weighted by Crippen LogP contribution is -2.09. The van der Waals surface area contributed by atoms with Gasteiger partial charge in [0.15, 0.2) is 9.84 Å². The number of aromatic nitrogens is 2. The van der Waals surface area contributed by atoms with Crippen molar-refractivity contribution < 1.29 is 8.42 Å². The fraction of sp³-hybridized carbons (Fsp3) is 0.267. The maximum Gasteiger partial charge on any atom is 0.271 e. The summed E-state index contributed by atoms with van der Waals surface area (Å²) < 4.78 is 25.4. The quantitative estimate of drug-likeness (QED) is 0.822. The Bertz CT molecular complexity index is 943. The highest BCUT2D eigenvalue weighted by Crippen LogP contribution is 2.30. The smallest absolute Gasteiger partial charge is 0.271 e. The van der Waals surface area contributed by atoms with E-state index < -0.39 is 15.4 Å². The summed E-state index contributed by atoms with van der Waals surface area (Å²) in [6.07, 6.45) is 3.21. The van der Waals surface area contributed by atoms with E-state index in [1.165, 1.54) is 12.1 Å². The van der Waals surface area contributed by atoms with Crippen molar-refractivity contribution >= 4 is 39.1 Å². The van der Waals surface area contributed by atoms with E-state index in [1.54, 1.807) is 38.2 Å². The number of aryl methyl sites for hydroxylation is 1. The van der Waals surface area contributed by atoms with Gasteiger partial charge >= 0.3 is 0 Å². The molecule has 1 aromatic heterocycles. The van der Waals surface area contributed by atoms with E-state index in [9.17, 15) is 13.2 Å². The molecule has 1 aromatic carbocycles. The van der Waals surface area contributed by atoms with Crippen molar-refractivity contribution in [2.45, 2.75) is 17.6 Å². The van der Waals surface area contributed by atoms with Gasteiger partial charge in [-0.05, 0) is 36.9 Å². The predicted octanol–water partition coefficient (Wildman–Crippen LogP) is 2.82. The van der Waals surface area contributed by atoms with Crippen molar-refractivity contribution in [1.29, 1.82) is 0 Å². The first-order valence-electron chi connectivity index (χ1n) is 6.94. The third-order valence-corrected chi connectivity index (χ3v) is 5.83. The van der Waals surface area contributed by atoms with E-state index in [-0.39, 0.29) is 26.9 Å². The molecule has 1 heterocycles. The summed E-state index contributed by atoms with van der Waals surface area (Å²) in [6.45, 7) is 1.70. The summed E-state index contributed by atoms with van der Waals surface area (Å²) in [5.74, 6) is -0.389. The largest absolute Gasteiger partial charge is 0.383 e. The summed E-state index contributed by atoms with van der Waals surface area (Å²) in [4.78, 5) is 13.6. The number of H-pyrrole nitrogens is 2. The second-order valence-corrected chi connectivity index (χ2v) is 8.31. The molecule has 130 valence electrons. The van der Waals surface area contributed by atoms with Crippen LogP contribution in [0, 0.1) is 6.92 Å². The summed E-state index contributed by atoms with van der Waals surface area (Å²) in [5, 5.41) is 5.46. The standard InChI is InChI=1S/C15H17Cl2N3O3S/c1-9-6-14(12(17)7-11(9)16)24(22,23)8-13-10(4-5-20(2)3)15(21)19-18-13/h4-7H,8H2,1-3H3,(H2,18,19,21). The molecular weight excluding hydrogens is 373 g/mol. The van der Waals surface area contributed by atoms with Gasteiger partial charge in [-0.15, -0.1) is 0 Å². The number of nitrogens with zero attached hydrogens (tertiary/aromatic N) is 1. The highest BCUT2D eigenvalue weighted by Gasteiger charge is 2.23. The first-order chi connectivity index (χ1) is 11.1. The highest BCUT2D eigenvalue weighted by atomic mass is 35.5. The lowest BCUT2D eigenvalue weighted by atomic mass is 10.2. The number of rotatable bonds is 5. The van der Waals surface area contributed by atoms with Gasteiger partial charge in [-0.1, -0.05) is 23.2 Å². The molecule has 0 amide bonds. The minimum absolute atomic E-state index is 0.0179. The lowest BCUT2D eigenvalue weighted by molar-refractivity contribution is 0.567. The second-order valence-electron chi connectivity index (χ2n) is 5.54. The molecule has 6 nitrogen and oxygen atoms in total. The van der Waals surface area contributed by atoms with Gasteiger partial charge in [0.1, 0.15) is 0 Å². The lowest BCUT2D eigenvalue weighted by Gasteiger charge is -2.09. The van der Waals surface area contributed by atoms with Crippen molar-refractivity contribution in [1.82, 2.24) is 15.1 Å². The zero-order valence-corrected chi connectivity index (χ0v) is 15.7. The van der Waals surface area contributed by atoms with Crippen LogP contribution in [0.5, 0.6) is 0 Å². The van der Waals surface area contributed by atoms with E-state index >= 15 is 0 Å². The molecule has 2 aromatic rings. The molecule has 2 N–H and O–H groups in total. The maximum atomic E-state index is 12.7. The molecule has 0 spiro atoms. The number of hydrogen-bond donors (Lipinski definition) is 2. The van der Waals surface area contributed by atoms with Crippen molar-refractivity contribution in [3.8, 4) is 0 Å². The molecule has 0 saturated carbocycles. The third-order valence-electron chi connectivity index (χ3n) is 3.32. The van der Waals surface area contributed by atoms with Crippen LogP contribution < -0.4 is 5.56 Å². The van der Waals surface area contributed by atoms with Crippen LogP contribution in [0.25, 0.3) is 6.08 Å². The van der Waals surface area contributed by atoms with Crippen molar-refractivity contribution in [2.75, 3.05) is 14.1 Å². The van der Waals surface area contributed by atoms with Gasteiger partial charge in [-0.25, -0.2) is 8.42 Å². The third kappa shape index (κ3) is 4.03. The fourth-order valence-electron chi connectivity index (χ4n) is 2.05. The zero-order chi connectivity index (χ0) is 18.1. The summed E-state index contributed by atoms with van der Waals surface area (Å²) >= 11 is 12.0. The Morgan fingerprint density at radius 2 is 1.83 bits per heavy atom. The zero-order valence-electron chi connectivity index (χ0n) is 13.4.